The number of benzene rings is 1. The Labute approximate surface area is 128 Å². The predicted molar refractivity (Wildman–Crippen MR) is 79.6 cm³/mol. The van der Waals surface area contributed by atoms with Crippen molar-refractivity contribution in [3.63, 3.8) is 0 Å². The molecule has 1 amide bonds. The highest BCUT2D eigenvalue weighted by molar-refractivity contribution is 5.97. The van der Waals surface area contributed by atoms with Gasteiger partial charge in [0.05, 0.1) is 5.92 Å². The molecule has 1 aromatic heterocycles. The molecule has 0 saturated carbocycles. The quantitative estimate of drug-likeness (QED) is 0.670. The summed E-state index contributed by atoms with van der Waals surface area (Å²) < 4.78 is 5.28. The minimum Gasteiger partial charge on any atom is -0.459 e. The number of nitrogens with one attached hydrogen (secondary N) is 1. The third-order valence-corrected chi connectivity index (χ3v) is 3.72. The normalized spacial score (nSPS) is 19.9. The summed E-state index contributed by atoms with van der Waals surface area (Å²) >= 11 is 0. The van der Waals surface area contributed by atoms with Gasteiger partial charge in [0.1, 0.15) is 12.6 Å². The molecular formula is C17H16N2O3. The Hall–Kier alpha value is -2.69. The summed E-state index contributed by atoms with van der Waals surface area (Å²) in [4.78, 5) is 27.7. The number of amides is 1. The maximum Gasteiger partial charge on any atom is 0.329 e. The number of nitrogens with zero attached hydrogens (tertiary/aromatic N) is 1. The molecule has 112 valence electrons. The highest BCUT2D eigenvalue weighted by atomic mass is 16.5. The van der Waals surface area contributed by atoms with Crippen LogP contribution in [0.25, 0.3) is 0 Å². The Kier molecular flexibility index (Phi) is 4.14. The lowest BCUT2D eigenvalue weighted by Crippen LogP contribution is -2.63. The minimum atomic E-state index is -0.565. The van der Waals surface area contributed by atoms with Gasteiger partial charge in [-0.2, -0.15) is 0 Å². The summed E-state index contributed by atoms with van der Waals surface area (Å²) in [5.41, 5.74) is 1.91. The van der Waals surface area contributed by atoms with Gasteiger partial charge in [-0.1, -0.05) is 30.3 Å². The zero-order valence-corrected chi connectivity index (χ0v) is 11.9. The Morgan fingerprint density at radius 3 is 2.50 bits per heavy atom. The van der Waals surface area contributed by atoms with Crippen LogP contribution in [-0.2, 0) is 27.4 Å². The number of esters is 1. The van der Waals surface area contributed by atoms with Crippen LogP contribution >= 0.6 is 0 Å². The molecule has 0 spiro atoms. The molecule has 1 N–H and O–H groups in total. The van der Waals surface area contributed by atoms with Crippen molar-refractivity contribution in [1.82, 2.24) is 10.3 Å². The number of pyridine rings is 1. The van der Waals surface area contributed by atoms with Crippen molar-refractivity contribution in [2.75, 3.05) is 0 Å². The fourth-order valence-corrected chi connectivity index (χ4v) is 2.44. The van der Waals surface area contributed by atoms with Gasteiger partial charge in [-0.15, -0.1) is 0 Å². The number of aromatic nitrogens is 1. The molecule has 1 saturated heterocycles. The van der Waals surface area contributed by atoms with Crippen LogP contribution in [0.1, 0.15) is 11.1 Å². The minimum absolute atomic E-state index is 0.113. The first-order valence-electron chi connectivity index (χ1n) is 7.14. The van der Waals surface area contributed by atoms with E-state index in [1.807, 2.05) is 42.5 Å². The van der Waals surface area contributed by atoms with Crippen molar-refractivity contribution in [3.8, 4) is 0 Å². The van der Waals surface area contributed by atoms with Gasteiger partial charge in [0, 0.05) is 12.4 Å². The fraction of sp³-hybridized carbons (Fsp3) is 0.235. The Bertz CT molecular complexity index is 658. The van der Waals surface area contributed by atoms with Crippen LogP contribution in [0.4, 0.5) is 0 Å². The third kappa shape index (κ3) is 3.14. The van der Waals surface area contributed by atoms with Crippen molar-refractivity contribution >= 4 is 11.9 Å². The van der Waals surface area contributed by atoms with Gasteiger partial charge in [-0.25, -0.2) is 4.79 Å². The van der Waals surface area contributed by atoms with Gasteiger partial charge < -0.3 is 10.1 Å². The molecule has 0 bridgehead atoms. The number of ether oxygens (including phenoxy) is 1. The van der Waals surface area contributed by atoms with Crippen LogP contribution in [0, 0.1) is 5.92 Å². The zero-order chi connectivity index (χ0) is 15.4. The van der Waals surface area contributed by atoms with Gasteiger partial charge >= 0.3 is 5.97 Å². The first kappa shape index (κ1) is 14.3. The summed E-state index contributed by atoms with van der Waals surface area (Å²) in [7, 11) is 0. The molecule has 5 nitrogen and oxygen atoms in total. The van der Waals surface area contributed by atoms with Gasteiger partial charge in [-0.3, -0.25) is 9.78 Å². The Morgan fingerprint density at radius 1 is 1.09 bits per heavy atom. The SMILES string of the molecule is O=C(OCc1ccccc1)[C@H]1NC(=O)[C@@H]1Cc1ccncc1. The van der Waals surface area contributed by atoms with Crippen LogP contribution in [0.5, 0.6) is 0 Å². The Morgan fingerprint density at radius 2 is 1.82 bits per heavy atom. The van der Waals surface area contributed by atoms with E-state index in [0.717, 1.165) is 11.1 Å². The Balaban J connectivity index is 1.57. The molecule has 3 rings (SSSR count). The second-order valence-corrected chi connectivity index (χ2v) is 5.25. The molecule has 1 fully saturated rings. The lowest BCUT2D eigenvalue weighted by Gasteiger charge is -2.34. The second kappa shape index (κ2) is 6.39. The highest BCUT2D eigenvalue weighted by Gasteiger charge is 2.44. The van der Waals surface area contributed by atoms with E-state index < -0.39 is 6.04 Å². The van der Waals surface area contributed by atoms with Crippen molar-refractivity contribution in [1.29, 1.82) is 0 Å². The van der Waals surface area contributed by atoms with Crippen LogP contribution < -0.4 is 5.32 Å². The van der Waals surface area contributed by atoms with Crippen molar-refractivity contribution < 1.29 is 14.3 Å². The molecule has 0 unspecified atom stereocenters. The molecule has 22 heavy (non-hydrogen) atoms. The molecule has 1 aromatic carbocycles. The maximum atomic E-state index is 12.1. The lowest BCUT2D eigenvalue weighted by molar-refractivity contribution is -0.158. The maximum absolute atomic E-state index is 12.1. The topological polar surface area (TPSA) is 68.3 Å². The van der Waals surface area contributed by atoms with Crippen LogP contribution in [-0.4, -0.2) is 22.9 Å². The summed E-state index contributed by atoms with van der Waals surface area (Å²) in [5, 5.41) is 2.62. The van der Waals surface area contributed by atoms with Crippen molar-refractivity contribution in [3.05, 3.63) is 66.0 Å². The van der Waals surface area contributed by atoms with Gasteiger partial charge in [0.25, 0.3) is 0 Å². The highest BCUT2D eigenvalue weighted by Crippen LogP contribution is 2.21. The van der Waals surface area contributed by atoms with Crippen molar-refractivity contribution in [2.24, 2.45) is 5.92 Å². The second-order valence-electron chi connectivity index (χ2n) is 5.25. The largest absolute Gasteiger partial charge is 0.459 e. The molecule has 1 aliphatic heterocycles. The average Bonchev–Trinajstić information content (AvgIpc) is 2.57. The van der Waals surface area contributed by atoms with E-state index in [1.54, 1.807) is 12.4 Å². The molecular weight excluding hydrogens is 280 g/mol. The summed E-state index contributed by atoms with van der Waals surface area (Å²) in [6, 6.07) is 12.6. The molecule has 1 aliphatic rings. The van der Waals surface area contributed by atoms with E-state index in [1.165, 1.54) is 0 Å². The molecule has 0 aliphatic carbocycles. The predicted octanol–water partition coefficient (Wildman–Crippen LogP) is 1.48. The molecule has 2 atom stereocenters. The van der Waals surface area contributed by atoms with Crippen LogP contribution in [0.15, 0.2) is 54.9 Å². The molecule has 2 heterocycles. The average molecular weight is 296 g/mol. The molecule has 5 heteroatoms. The van der Waals surface area contributed by atoms with Crippen LogP contribution in [0.2, 0.25) is 0 Å². The van der Waals surface area contributed by atoms with Crippen molar-refractivity contribution in [2.45, 2.75) is 19.1 Å². The number of carbonyl (C=O) groups is 2. The van der Waals surface area contributed by atoms with E-state index in [-0.39, 0.29) is 24.4 Å². The number of carbonyl (C=O) groups excluding carboxylic acids is 2. The van der Waals surface area contributed by atoms with E-state index in [2.05, 4.69) is 10.3 Å². The number of hydrogen-bond acceptors (Lipinski definition) is 4. The standard InChI is InChI=1S/C17H16N2O3/c20-16-14(10-12-6-8-18-9-7-12)15(19-16)17(21)22-11-13-4-2-1-3-5-13/h1-9,14-15H,10-11H2,(H,19,20)/t14-,15+/m1/s1. The fourth-order valence-electron chi connectivity index (χ4n) is 2.44. The van der Waals surface area contributed by atoms with Gasteiger partial charge in [-0.05, 0) is 29.7 Å². The smallest absolute Gasteiger partial charge is 0.329 e. The monoisotopic (exact) mass is 296 g/mol. The summed E-state index contributed by atoms with van der Waals surface area (Å²) in [5.74, 6) is -0.869. The van der Waals surface area contributed by atoms with Gasteiger partial charge in [0.2, 0.25) is 5.91 Å². The molecule has 0 radical (unpaired) electrons. The van der Waals surface area contributed by atoms with Gasteiger partial charge in [0.15, 0.2) is 0 Å². The van der Waals surface area contributed by atoms with Crippen LogP contribution in [0.3, 0.4) is 0 Å². The van der Waals surface area contributed by atoms with E-state index in [9.17, 15) is 9.59 Å². The number of hydrogen-bond donors (Lipinski definition) is 1. The first-order valence-corrected chi connectivity index (χ1v) is 7.14. The zero-order valence-electron chi connectivity index (χ0n) is 11.9. The van der Waals surface area contributed by atoms with E-state index in [0.29, 0.717) is 6.42 Å². The molecule has 2 aromatic rings. The summed E-state index contributed by atoms with van der Waals surface area (Å²) in [6.45, 7) is 0.216. The summed E-state index contributed by atoms with van der Waals surface area (Å²) in [6.07, 6.45) is 3.86. The number of β-lactam (4-membered cyclic amide) rings is 1. The first-order chi connectivity index (χ1) is 10.7. The lowest BCUT2D eigenvalue weighted by atomic mass is 9.85. The number of rotatable bonds is 5. The van der Waals surface area contributed by atoms with E-state index >= 15 is 0 Å². The third-order valence-electron chi connectivity index (χ3n) is 3.72. The van der Waals surface area contributed by atoms with E-state index in [4.69, 9.17) is 4.74 Å².